The molecule has 0 saturated carbocycles. The standard InChI is InChI=1S/C14H13Cl2NOS/c1-18-13-5-3-10(15)6-9(13)8-19-14-7-11(16)2-4-12(14)17/h2-7H,8,17H2,1H3. The number of rotatable bonds is 4. The minimum Gasteiger partial charge on any atom is -0.496 e. The Morgan fingerprint density at radius 3 is 2.53 bits per heavy atom. The van der Waals surface area contributed by atoms with Gasteiger partial charge in [-0.25, -0.2) is 0 Å². The third-order valence-electron chi connectivity index (χ3n) is 2.60. The molecule has 0 bridgehead atoms. The van der Waals surface area contributed by atoms with Gasteiger partial charge in [0.15, 0.2) is 0 Å². The summed E-state index contributed by atoms with van der Waals surface area (Å²) in [5.41, 5.74) is 7.66. The molecular weight excluding hydrogens is 301 g/mol. The van der Waals surface area contributed by atoms with Gasteiger partial charge in [-0.3, -0.25) is 0 Å². The molecule has 0 radical (unpaired) electrons. The molecule has 0 aliphatic heterocycles. The van der Waals surface area contributed by atoms with Gasteiger partial charge in [0.05, 0.1) is 7.11 Å². The number of benzene rings is 2. The molecule has 2 nitrogen and oxygen atoms in total. The Balaban J connectivity index is 2.18. The largest absolute Gasteiger partial charge is 0.496 e. The van der Waals surface area contributed by atoms with E-state index in [2.05, 4.69) is 0 Å². The predicted octanol–water partition coefficient (Wildman–Crippen LogP) is 4.88. The number of ether oxygens (including phenoxy) is 1. The molecule has 0 spiro atoms. The van der Waals surface area contributed by atoms with Crippen LogP contribution in [-0.4, -0.2) is 7.11 Å². The van der Waals surface area contributed by atoms with Crippen molar-refractivity contribution in [1.29, 1.82) is 0 Å². The van der Waals surface area contributed by atoms with Crippen LogP contribution < -0.4 is 10.5 Å². The summed E-state index contributed by atoms with van der Waals surface area (Å²) in [5.74, 6) is 1.53. The average molecular weight is 314 g/mol. The Bertz CT molecular complexity index is 590. The Labute approximate surface area is 126 Å². The van der Waals surface area contributed by atoms with E-state index in [1.807, 2.05) is 24.3 Å². The average Bonchev–Trinajstić information content (AvgIpc) is 2.40. The van der Waals surface area contributed by atoms with Crippen molar-refractivity contribution in [1.82, 2.24) is 0 Å². The lowest BCUT2D eigenvalue weighted by Crippen LogP contribution is -1.92. The third kappa shape index (κ3) is 3.72. The summed E-state index contributed by atoms with van der Waals surface area (Å²) in [6, 6.07) is 11.0. The summed E-state index contributed by atoms with van der Waals surface area (Å²) in [5, 5.41) is 1.37. The second-order valence-electron chi connectivity index (χ2n) is 3.93. The van der Waals surface area contributed by atoms with Gasteiger partial charge in [0.1, 0.15) is 5.75 Å². The lowest BCUT2D eigenvalue weighted by atomic mass is 10.2. The van der Waals surface area contributed by atoms with Crippen molar-refractivity contribution in [3.05, 3.63) is 52.0 Å². The van der Waals surface area contributed by atoms with Gasteiger partial charge in [0, 0.05) is 31.9 Å². The minimum atomic E-state index is 0.676. The number of methoxy groups -OCH3 is 1. The molecule has 0 aliphatic carbocycles. The molecule has 19 heavy (non-hydrogen) atoms. The summed E-state index contributed by atoms with van der Waals surface area (Å²) < 4.78 is 5.31. The van der Waals surface area contributed by atoms with Crippen molar-refractivity contribution in [2.75, 3.05) is 12.8 Å². The zero-order valence-electron chi connectivity index (χ0n) is 10.3. The fraction of sp³-hybridized carbons (Fsp3) is 0.143. The quantitative estimate of drug-likeness (QED) is 0.645. The van der Waals surface area contributed by atoms with E-state index >= 15 is 0 Å². The van der Waals surface area contributed by atoms with Crippen LogP contribution in [-0.2, 0) is 5.75 Å². The first-order valence-corrected chi connectivity index (χ1v) is 7.34. The summed E-state index contributed by atoms with van der Waals surface area (Å²) in [7, 11) is 1.64. The Morgan fingerprint density at radius 1 is 1.11 bits per heavy atom. The fourth-order valence-corrected chi connectivity index (χ4v) is 3.06. The summed E-state index contributed by atoms with van der Waals surface area (Å²) in [6.45, 7) is 0. The SMILES string of the molecule is COc1ccc(Cl)cc1CSc1cc(Cl)ccc1N. The maximum absolute atomic E-state index is 6.00. The van der Waals surface area contributed by atoms with E-state index in [-0.39, 0.29) is 0 Å². The van der Waals surface area contributed by atoms with Crippen LogP contribution in [0.5, 0.6) is 5.75 Å². The van der Waals surface area contributed by atoms with Crippen LogP contribution in [0.15, 0.2) is 41.3 Å². The third-order valence-corrected chi connectivity index (χ3v) is 4.19. The summed E-state index contributed by atoms with van der Waals surface area (Å²) >= 11 is 13.6. The van der Waals surface area contributed by atoms with Crippen molar-refractivity contribution in [2.45, 2.75) is 10.6 Å². The van der Waals surface area contributed by atoms with E-state index in [9.17, 15) is 0 Å². The minimum absolute atomic E-state index is 0.676. The molecule has 100 valence electrons. The molecule has 0 aliphatic rings. The van der Waals surface area contributed by atoms with Gasteiger partial charge in [-0.05, 0) is 36.4 Å². The lowest BCUT2D eigenvalue weighted by Gasteiger charge is -2.10. The van der Waals surface area contributed by atoms with E-state index in [0.29, 0.717) is 15.8 Å². The van der Waals surface area contributed by atoms with E-state index in [4.69, 9.17) is 33.7 Å². The van der Waals surface area contributed by atoms with Crippen molar-refractivity contribution in [2.24, 2.45) is 0 Å². The van der Waals surface area contributed by atoms with E-state index in [1.54, 1.807) is 31.0 Å². The summed E-state index contributed by atoms with van der Waals surface area (Å²) in [6.07, 6.45) is 0. The second-order valence-corrected chi connectivity index (χ2v) is 5.82. The highest BCUT2D eigenvalue weighted by Gasteiger charge is 2.07. The molecule has 0 unspecified atom stereocenters. The highest BCUT2D eigenvalue weighted by atomic mass is 35.5. The zero-order valence-corrected chi connectivity index (χ0v) is 12.6. The highest BCUT2D eigenvalue weighted by molar-refractivity contribution is 7.98. The molecule has 0 heterocycles. The molecular formula is C14H13Cl2NOS. The summed E-state index contributed by atoms with van der Waals surface area (Å²) in [4.78, 5) is 0.953. The molecule has 2 N–H and O–H groups in total. The van der Waals surface area contributed by atoms with E-state index < -0.39 is 0 Å². The van der Waals surface area contributed by atoms with Crippen LogP contribution in [0, 0.1) is 0 Å². The van der Waals surface area contributed by atoms with Gasteiger partial charge in [-0.2, -0.15) is 0 Å². The van der Waals surface area contributed by atoms with Gasteiger partial charge in [-0.1, -0.05) is 23.2 Å². The molecule has 2 aromatic rings. The first-order valence-electron chi connectivity index (χ1n) is 5.60. The Hall–Kier alpha value is -1.03. The molecule has 5 heteroatoms. The predicted molar refractivity (Wildman–Crippen MR) is 83.4 cm³/mol. The van der Waals surface area contributed by atoms with Crippen LogP contribution in [0.25, 0.3) is 0 Å². The zero-order chi connectivity index (χ0) is 13.8. The molecule has 0 aromatic heterocycles. The van der Waals surface area contributed by atoms with Crippen molar-refractivity contribution >= 4 is 40.7 Å². The van der Waals surface area contributed by atoms with Gasteiger partial charge in [0.25, 0.3) is 0 Å². The molecule has 0 amide bonds. The lowest BCUT2D eigenvalue weighted by molar-refractivity contribution is 0.411. The van der Waals surface area contributed by atoms with Crippen LogP contribution >= 0.6 is 35.0 Å². The van der Waals surface area contributed by atoms with Gasteiger partial charge < -0.3 is 10.5 Å². The van der Waals surface area contributed by atoms with Crippen LogP contribution in [0.3, 0.4) is 0 Å². The second kappa shape index (κ2) is 6.42. The molecule has 0 fully saturated rings. The Morgan fingerprint density at radius 2 is 1.79 bits per heavy atom. The van der Waals surface area contributed by atoms with Gasteiger partial charge in [-0.15, -0.1) is 11.8 Å². The monoisotopic (exact) mass is 313 g/mol. The number of nitrogen functional groups attached to an aromatic ring is 1. The van der Waals surface area contributed by atoms with Gasteiger partial charge >= 0.3 is 0 Å². The van der Waals surface area contributed by atoms with Gasteiger partial charge in [0.2, 0.25) is 0 Å². The number of thioether (sulfide) groups is 1. The topological polar surface area (TPSA) is 35.2 Å². The fourth-order valence-electron chi connectivity index (χ4n) is 1.65. The first-order chi connectivity index (χ1) is 9.10. The Kier molecular flexibility index (Phi) is 4.86. The van der Waals surface area contributed by atoms with E-state index in [1.165, 1.54) is 0 Å². The number of nitrogens with two attached hydrogens (primary N) is 1. The molecule has 2 rings (SSSR count). The van der Waals surface area contributed by atoms with Crippen molar-refractivity contribution < 1.29 is 4.74 Å². The number of hydrogen-bond acceptors (Lipinski definition) is 3. The first kappa shape index (κ1) is 14.4. The molecule has 0 saturated heterocycles. The van der Waals surface area contributed by atoms with Crippen LogP contribution in [0.4, 0.5) is 5.69 Å². The van der Waals surface area contributed by atoms with E-state index in [0.717, 1.165) is 21.9 Å². The highest BCUT2D eigenvalue weighted by Crippen LogP contribution is 2.33. The molecule has 2 aromatic carbocycles. The normalized spacial score (nSPS) is 10.5. The maximum atomic E-state index is 6.00. The molecule has 0 atom stereocenters. The van der Waals surface area contributed by atoms with Crippen LogP contribution in [0.1, 0.15) is 5.56 Å². The van der Waals surface area contributed by atoms with Crippen molar-refractivity contribution in [3.8, 4) is 5.75 Å². The number of anilines is 1. The maximum Gasteiger partial charge on any atom is 0.123 e. The van der Waals surface area contributed by atoms with Crippen LogP contribution in [0.2, 0.25) is 10.0 Å². The van der Waals surface area contributed by atoms with Crippen molar-refractivity contribution in [3.63, 3.8) is 0 Å². The smallest absolute Gasteiger partial charge is 0.123 e. The number of halogens is 2. The number of hydrogen-bond donors (Lipinski definition) is 1.